The molecule has 0 saturated carbocycles. The summed E-state index contributed by atoms with van der Waals surface area (Å²) in [7, 11) is 0. The fraction of sp³-hybridized carbons (Fsp3) is 0.500. The van der Waals surface area contributed by atoms with Crippen LogP contribution < -0.4 is 40.0 Å². The Morgan fingerprint density at radius 3 is 2.58 bits per heavy atom. The minimum atomic E-state index is -1.52. The summed E-state index contributed by atoms with van der Waals surface area (Å²) in [5.41, 5.74) is 1.73. The fourth-order valence-corrected chi connectivity index (χ4v) is 4.93. The number of halogens is 1. The summed E-state index contributed by atoms with van der Waals surface area (Å²) in [6.07, 6.45) is 0.121. The molecule has 13 heteroatoms. The Labute approximate surface area is 213 Å². The van der Waals surface area contributed by atoms with Crippen molar-refractivity contribution in [1.82, 2.24) is 20.0 Å². The van der Waals surface area contributed by atoms with Crippen LogP contribution in [-0.2, 0) is 30.5 Å². The minimum absolute atomic E-state index is 0. The second-order valence-electron chi connectivity index (χ2n) is 6.93. The van der Waals surface area contributed by atoms with E-state index in [0.29, 0.717) is 12.1 Å². The SMILES string of the molecule is CC(=O)OCC1=C(C(=O)[O-])N2C(=O)C(NC(=O)CCn3nc(C)c(Br)c3C)C2SC1.[Na+]. The molecule has 31 heavy (non-hydrogen) atoms. The van der Waals surface area contributed by atoms with E-state index in [-0.39, 0.29) is 59.9 Å². The van der Waals surface area contributed by atoms with Crippen LogP contribution >= 0.6 is 27.7 Å². The number of carboxylic acid groups (broad SMARTS) is 1. The molecule has 0 radical (unpaired) electrons. The summed E-state index contributed by atoms with van der Waals surface area (Å²) in [5.74, 6) is -2.69. The van der Waals surface area contributed by atoms with Gasteiger partial charge in [-0.25, -0.2) is 0 Å². The van der Waals surface area contributed by atoms with Crippen molar-refractivity contribution in [3.63, 3.8) is 0 Å². The predicted molar refractivity (Wildman–Crippen MR) is 108 cm³/mol. The molecule has 1 aromatic rings. The van der Waals surface area contributed by atoms with Crippen LogP contribution in [0.5, 0.6) is 0 Å². The van der Waals surface area contributed by atoms with E-state index in [2.05, 4.69) is 26.3 Å². The van der Waals surface area contributed by atoms with Crippen molar-refractivity contribution < 1.29 is 58.6 Å². The van der Waals surface area contributed by atoms with Gasteiger partial charge in [-0.3, -0.25) is 24.0 Å². The van der Waals surface area contributed by atoms with Gasteiger partial charge in [-0.1, -0.05) is 0 Å². The van der Waals surface area contributed by atoms with Gasteiger partial charge in [0.25, 0.3) is 5.91 Å². The number of carbonyl (C=O) groups excluding carboxylic acids is 4. The molecule has 0 aliphatic carbocycles. The van der Waals surface area contributed by atoms with E-state index in [1.54, 1.807) is 4.68 Å². The quantitative estimate of drug-likeness (QED) is 0.223. The maximum Gasteiger partial charge on any atom is 1.00 e. The molecule has 162 valence electrons. The zero-order chi connectivity index (χ0) is 22.2. The average molecular weight is 523 g/mol. The van der Waals surface area contributed by atoms with Gasteiger partial charge in [0.15, 0.2) is 0 Å². The van der Waals surface area contributed by atoms with Gasteiger partial charge in [0, 0.05) is 30.4 Å². The first-order valence-corrected chi connectivity index (χ1v) is 11.0. The molecule has 2 unspecified atom stereocenters. The van der Waals surface area contributed by atoms with E-state index in [4.69, 9.17) is 4.74 Å². The van der Waals surface area contributed by atoms with Gasteiger partial charge in [0.05, 0.1) is 28.4 Å². The van der Waals surface area contributed by atoms with E-state index in [0.717, 1.165) is 20.8 Å². The number of aromatic nitrogens is 2. The number of amides is 2. The number of hydrogen-bond donors (Lipinski definition) is 1. The molecular weight excluding hydrogens is 503 g/mol. The monoisotopic (exact) mass is 522 g/mol. The van der Waals surface area contributed by atoms with Crippen LogP contribution in [0.25, 0.3) is 0 Å². The number of esters is 1. The maximum absolute atomic E-state index is 12.5. The number of nitrogens with one attached hydrogen (secondary N) is 1. The summed E-state index contributed by atoms with van der Waals surface area (Å²) in [5, 5.41) is 18.1. The molecular formula is C18H20BrN4NaO6S. The molecule has 10 nitrogen and oxygen atoms in total. The maximum atomic E-state index is 12.5. The van der Waals surface area contributed by atoms with Crippen LogP contribution in [0.3, 0.4) is 0 Å². The Morgan fingerprint density at radius 1 is 1.35 bits per heavy atom. The molecule has 0 bridgehead atoms. The number of nitrogens with zero attached hydrogens (tertiary/aromatic N) is 3. The number of fused-ring (bicyclic) bond motifs is 1. The van der Waals surface area contributed by atoms with Gasteiger partial charge >= 0.3 is 35.5 Å². The first-order valence-electron chi connectivity index (χ1n) is 9.12. The standard InChI is InChI=1S/C18H21BrN4O6S.Na/c1-8-13(19)9(2)22(21-8)5-4-12(25)20-14-16(26)23-15(18(27)28)11(6-29-10(3)24)7-30-17(14)23;/h14,17H,4-7H2,1-3H3,(H,20,25)(H,27,28);/q;+1/p-1. The number of β-lactam (4-membered cyclic amide) rings is 1. The number of carboxylic acids is 1. The molecule has 2 atom stereocenters. The van der Waals surface area contributed by atoms with Crippen molar-refractivity contribution in [1.29, 1.82) is 0 Å². The Morgan fingerprint density at radius 2 is 2.03 bits per heavy atom. The number of aliphatic carboxylic acids is 1. The summed E-state index contributed by atoms with van der Waals surface area (Å²) < 4.78 is 7.47. The van der Waals surface area contributed by atoms with Gasteiger partial charge in [-0.2, -0.15) is 5.10 Å². The molecule has 2 aliphatic rings. The first kappa shape index (κ1) is 25.9. The summed E-state index contributed by atoms with van der Waals surface area (Å²) >= 11 is 4.73. The van der Waals surface area contributed by atoms with Crippen molar-refractivity contribution >= 4 is 51.4 Å². The number of hydrogen-bond acceptors (Lipinski definition) is 8. The Hall–Kier alpha value is -1.34. The van der Waals surface area contributed by atoms with Crippen molar-refractivity contribution in [2.45, 2.75) is 45.2 Å². The largest absolute Gasteiger partial charge is 1.00 e. The molecule has 1 fully saturated rings. The molecule has 2 aliphatic heterocycles. The van der Waals surface area contributed by atoms with Gasteiger partial charge in [-0.05, 0) is 29.8 Å². The molecule has 0 spiro atoms. The van der Waals surface area contributed by atoms with Gasteiger partial charge in [-0.15, -0.1) is 11.8 Å². The van der Waals surface area contributed by atoms with Crippen LogP contribution in [-0.4, -0.2) is 62.2 Å². The minimum Gasteiger partial charge on any atom is -0.543 e. The van der Waals surface area contributed by atoms with E-state index >= 15 is 0 Å². The Kier molecular flexibility index (Phi) is 8.79. The van der Waals surface area contributed by atoms with Crippen molar-refractivity contribution in [3.05, 3.63) is 27.1 Å². The number of ether oxygens (including phenoxy) is 1. The molecule has 1 saturated heterocycles. The Bertz CT molecular complexity index is 965. The zero-order valence-electron chi connectivity index (χ0n) is 17.6. The molecule has 3 rings (SSSR count). The number of rotatable bonds is 7. The average Bonchev–Trinajstić information content (AvgIpc) is 2.94. The molecule has 3 heterocycles. The van der Waals surface area contributed by atoms with Crippen LogP contribution in [0.4, 0.5) is 0 Å². The topological polar surface area (TPSA) is 134 Å². The van der Waals surface area contributed by atoms with Crippen LogP contribution in [0, 0.1) is 13.8 Å². The third-order valence-electron chi connectivity index (χ3n) is 4.85. The third-order valence-corrected chi connectivity index (χ3v) is 7.34. The smallest absolute Gasteiger partial charge is 0.543 e. The molecule has 0 aromatic carbocycles. The number of thioether (sulfide) groups is 1. The first-order chi connectivity index (χ1) is 14.1. The van der Waals surface area contributed by atoms with Crippen LogP contribution in [0.2, 0.25) is 0 Å². The van der Waals surface area contributed by atoms with E-state index in [1.165, 1.54) is 18.7 Å². The van der Waals surface area contributed by atoms with Gasteiger partial charge < -0.3 is 20.0 Å². The van der Waals surface area contributed by atoms with E-state index in [9.17, 15) is 24.3 Å². The second-order valence-corrected chi connectivity index (χ2v) is 8.83. The molecule has 2 amide bonds. The number of carbonyl (C=O) groups is 4. The summed E-state index contributed by atoms with van der Waals surface area (Å²) in [6, 6.07) is -0.820. The molecule has 1 N–H and O–H groups in total. The summed E-state index contributed by atoms with van der Waals surface area (Å²) in [4.78, 5) is 48.6. The molecule has 1 aromatic heterocycles. The van der Waals surface area contributed by atoms with Crippen LogP contribution in [0.1, 0.15) is 24.7 Å². The summed E-state index contributed by atoms with van der Waals surface area (Å²) in [6.45, 7) is 5.08. The van der Waals surface area contributed by atoms with Gasteiger partial charge in [0.2, 0.25) is 5.91 Å². The van der Waals surface area contributed by atoms with Crippen molar-refractivity contribution in [2.24, 2.45) is 0 Å². The second kappa shape index (κ2) is 10.5. The van der Waals surface area contributed by atoms with Crippen LogP contribution in [0.15, 0.2) is 15.7 Å². The van der Waals surface area contributed by atoms with E-state index < -0.39 is 29.3 Å². The van der Waals surface area contributed by atoms with Gasteiger partial charge in [0.1, 0.15) is 18.0 Å². The van der Waals surface area contributed by atoms with Crippen molar-refractivity contribution in [2.75, 3.05) is 12.4 Å². The number of aryl methyl sites for hydroxylation is 2. The van der Waals surface area contributed by atoms with E-state index in [1.807, 2.05) is 13.8 Å². The fourth-order valence-electron chi connectivity index (χ4n) is 3.32. The predicted octanol–water partition coefficient (Wildman–Crippen LogP) is -3.38. The normalized spacial score (nSPS) is 19.9. The Balaban J connectivity index is 0.00000341. The zero-order valence-corrected chi connectivity index (χ0v) is 22.0. The third kappa shape index (κ3) is 5.36. The van der Waals surface area contributed by atoms with Crippen molar-refractivity contribution in [3.8, 4) is 0 Å².